The number of nitrogens with zero attached hydrogens (tertiary/aromatic N) is 2. The summed E-state index contributed by atoms with van der Waals surface area (Å²) in [6.45, 7) is 5.43. The highest BCUT2D eigenvalue weighted by molar-refractivity contribution is 5.84. The Morgan fingerprint density at radius 2 is 1.60 bits per heavy atom. The van der Waals surface area contributed by atoms with Gasteiger partial charge in [0, 0.05) is 22.9 Å². The summed E-state index contributed by atoms with van der Waals surface area (Å²) < 4.78 is 82.4. The summed E-state index contributed by atoms with van der Waals surface area (Å²) in [4.78, 5) is 12.0. The van der Waals surface area contributed by atoms with Crippen LogP contribution in [0.4, 0.5) is 26.3 Å². The van der Waals surface area contributed by atoms with Crippen molar-refractivity contribution in [1.82, 2.24) is 15.0 Å². The van der Waals surface area contributed by atoms with Crippen molar-refractivity contribution in [2.45, 2.75) is 50.5 Å². The van der Waals surface area contributed by atoms with Gasteiger partial charge in [-0.15, -0.1) is 0 Å². The quantitative estimate of drug-likeness (QED) is 0.289. The van der Waals surface area contributed by atoms with E-state index < -0.39 is 23.5 Å². The lowest BCUT2D eigenvalue weighted by molar-refractivity contribution is -0.143. The molecule has 43 heavy (non-hydrogen) atoms. The van der Waals surface area contributed by atoms with Crippen LogP contribution in [-0.4, -0.2) is 20.5 Å². The second-order valence-electron chi connectivity index (χ2n) is 11.0. The number of aromatic nitrogens is 3. The predicted molar refractivity (Wildman–Crippen MR) is 156 cm³/mol. The average molecular weight is 597 g/mol. The number of hydrogen-bond acceptors (Lipinski definition) is 3. The predicted octanol–water partition coefficient (Wildman–Crippen LogP) is 9.17. The molecule has 2 aromatic carbocycles. The van der Waals surface area contributed by atoms with E-state index in [-0.39, 0.29) is 34.5 Å². The van der Waals surface area contributed by atoms with E-state index in [1.807, 2.05) is 36.4 Å². The van der Waals surface area contributed by atoms with Crippen molar-refractivity contribution in [3.63, 3.8) is 0 Å². The smallest absolute Gasteiger partial charge is 0.359 e. The Kier molecular flexibility index (Phi) is 8.09. The zero-order valence-corrected chi connectivity index (χ0v) is 23.4. The Morgan fingerprint density at radius 1 is 0.953 bits per heavy atom. The molecule has 1 unspecified atom stereocenters. The number of alkyl halides is 6. The Morgan fingerprint density at radius 3 is 2.12 bits per heavy atom. The van der Waals surface area contributed by atoms with Gasteiger partial charge in [-0.3, -0.25) is 0 Å². The van der Waals surface area contributed by atoms with Crippen molar-refractivity contribution < 1.29 is 26.3 Å². The summed E-state index contributed by atoms with van der Waals surface area (Å²) in [7, 11) is 0. The Hall–Kier alpha value is -4.18. The number of hydrogen-bond donors (Lipinski definition) is 2. The third-order valence-corrected chi connectivity index (χ3v) is 7.99. The topological polar surface area (TPSA) is 67.6 Å². The first-order valence-corrected chi connectivity index (χ1v) is 13.8. The summed E-state index contributed by atoms with van der Waals surface area (Å²) in [6, 6.07) is 10.6. The molecule has 0 saturated heterocycles. The molecule has 1 heterocycles. The molecular formula is C33H30F6N4. The van der Waals surface area contributed by atoms with E-state index in [9.17, 15) is 26.3 Å². The number of benzene rings is 2. The van der Waals surface area contributed by atoms with Gasteiger partial charge in [-0.05, 0) is 73.4 Å². The van der Waals surface area contributed by atoms with E-state index in [0.717, 1.165) is 30.4 Å². The number of rotatable bonds is 5. The van der Waals surface area contributed by atoms with Crippen LogP contribution in [0.2, 0.25) is 0 Å². The van der Waals surface area contributed by atoms with E-state index in [2.05, 4.69) is 33.7 Å². The zero-order chi connectivity index (χ0) is 31.0. The largest absolute Gasteiger partial charge is 0.416 e. The third kappa shape index (κ3) is 6.44. The molecule has 0 radical (unpaired) electrons. The van der Waals surface area contributed by atoms with Crippen molar-refractivity contribution in [3.8, 4) is 22.4 Å². The number of aromatic amines is 1. The van der Waals surface area contributed by atoms with Gasteiger partial charge in [-0.25, -0.2) is 9.97 Å². The van der Waals surface area contributed by atoms with Gasteiger partial charge < -0.3 is 10.7 Å². The lowest BCUT2D eigenvalue weighted by atomic mass is 9.66. The highest BCUT2D eigenvalue weighted by atomic mass is 19.4. The van der Waals surface area contributed by atoms with Gasteiger partial charge in [0.1, 0.15) is 6.33 Å². The minimum atomic E-state index is -5.01. The van der Waals surface area contributed by atoms with Crippen LogP contribution in [0.5, 0.6) is 0 Å². The molecule has 3 aromatic rings. The first-order chi connectivity index (χ1) is 20.3. The summed E-state index contributed by atoms with van der Waals surface area (Å²) in [5, 5.41) is 0. The number of allylic oxidation sites excluding steroid dienone is 4. The fourth-order valence-corrected chi connectivity index (χ4v) is 5.45. The lowest BCUT2D eigenvalue weighted by Gasteiger charge is -2.44. The Balaban J connectivity index is 1.74. The fourth-order valence-electron chi connectivity index (χ4n) is 5.45. The van der Waals surface area contributed by atoms with Gasteiger partial charge in [0.05, 0.1) is 28.2 Å². The summed E-state index contributed by atoms with van der Waals surface area (Å²) >= 11 is 0. The van der Waals surface area contributed by atoms with Gasteiger partial charge in [-0.2, -0.15) is 26.3 Å². The fraction of sp³-hybridized carbons (Fsp3) is 0.273. The minimum absolute atomic E-state index is 0.0596. The van der Waals surface area contributed by atoms with Crippen LogP contribution in [0.1, 0.15) is 55.1 Å². The molecule has 224 valence electrons. The number of halogens is 6. The normalized spacial score (nSPS) is 18.0. The zero-order valence-electron chi connectivity index (χ0n) is 23.4. The molecule has 1 atom stereocenters. The van der Waals surface area contributed by atoms with Gasteiger partial charge >= 0.3 is 12.4 Å². The van der Waals surface area contributed by atoms with Crippen LogP contribution in [0, 0.1) is 5.92 Å². The van der Waals surface area contributed by atoms with Gasteiger partial charge in [0.2, 0.25) is 0 Å². The maximum absolute atomic E-state index is 13.7. The summed E-state index contributed by atoms with van der Waals surface area (Å²) in [5.74, 6) is 0.185. The van der Waals surface area contributed by atoms with Gasteiger partial charge in [0.15, 0.2) is 0 Å². The molecule has 1 fully saturated rings. The SMILES string of the molecule is C=C(C)c1ncnc(C2=CCC(C3(N)CCC3)C=C2)c(-c2ccccc2)c[nH]c1-c1cc(C(F)(F)F)cc(C(F)(F)F)c1. The Bertz CT molecular complexity index is 1610. The molecule has 1 aromatic heterocycles. The minimum Gasteiger partial charge on any atom is -0.359 e. The standard InChI is InChI=1S/C33H30F6N4/c1-20(2)28-30(23-15-25(32(34,35)36)17-26(16-23)33(37,38)39)41-18-27(21-7-4-3-5-8-21)29(43-19-42-28)22-9-11-24(12-10-22)31(40)13-6-14-31/h3-5,7-11,15-19,24,41H,1,6,12-14,40H2,2H3. The second kappa shape index (κ2) is 11.5. The molecule has 0 spiro atoms. The summed E-state index contributed by atoms with van der Waals surface area (Å²) in [5.41, 5.74) is 6.03. The van der Waals surface area contributed by atoms with Crippen molar-refractivity contribution in [2.75, 3.05) is 0 Å². The van der Waals surface area contributed by atoms with E-state index >= 15 is 0 Å². The maximum atomic E-state index is 13.7. The number of nitrogens with two attached hydrogens (primary N) is 1. The van der Waals surface area contributed by atoms with Gasteiger partial charge in [-0.1, -0.05) is 55.1 Å². The lowest BCUT2D eigenvalue weighted by Crippen LogP contribution is -2.52. The van der Waals surface area contributed by atoms with Crippen LogP contribution < -0.4 is 5.73 Å². The van der Waals surface area contributed by atoms with E-state index in [4.69, 9.17) is 5.73 Å². The van der Waals surface area contributed by atoms with Crippen LogP contribution in [-0.2, 0) is 12.4 Å². The highest BCUT2D eigenvalue weighted by Crippen LogP contribution is 2.42. The maximum Gasteiger partial charge on any atom is 0.416 e. The molecule has 0 bridgehead atoms. The summed E-state index contributed by atoms with van der Waals surface area (Å²) in [6.07, 6.45) is 2.58. The van der Waals surface area contributed by atoms with Crippen molar-refractivity contribution in [3.05, 3.63) is 108 Å². The van der Waals surface area contributed by atoms with E-state index in [1.165, 1.54) is 12.5 Å². The third-order valence-electron chi connectivity index (χ3n) is 7.99. The molecule has 4 nitrogen and oxygen atoms in total. The second-order valence-corrected chi connectivity index (χ2v) is 11.0. The molecule has 2 aliphatic carbocycles. The number of nitrogens with one attached hydrogen (secondary N) is 1. The highest BCUT2D eigenvalue weighted by Gasteiger charge is 2.39. The monoisotopic (exact) mass is 596 g/mol. The molecule has 2 aliphatic rings. The molecule has 5 rings (SSSR count). The van der Waals surface area contributed by atoms with Crippen LogP contribution in [0.15, 0.2) is 85.9 Å². The first kappa shape index (κ1) is 30.3. The van der Waals surface area contributed by atoms with Gasteiger partial charge in [0.25, 0.3) is 0 Å². The average Bonchev–Trinajstić information content (AvgIpc) is 3.04. The van der Waals surface area contributed by atoms with Crippen LogP contribution in [0.3, 0.4) is 0 Å². The van der Waals surface area contributed by atoms with Crippen molar-refractivity contribution in [1.29, 1.82) is 0 Å². The molecule has 0 aliphatic heterocycles. The first-order valence-electron chi connectivity index (χ1n) is 13.8. The van der Waals surface area contributed by atoms with E-state index in [1.54, 1.807) is 6.92 Å². The van der Waals surface area contributed by atoms with Crippen molar-refractivity contribution in [2.24, 2.45) is 11.7 Å². The Labute approximate surface area is 245 Å². The molecule has 0 amide bonds. The van der Waals surface area contributed by atoms with E-state index in [0.29, 0.717) is 35.4 Å². The number of H-pyrrole nitrogens is 1. The molecular weight excluding hydrogens is 566 g/mol. The molecule has 1 saturated carbocycles. The van der Waals surface area contributed by atoms with Crippen LogP contribution >= 0.6 is 0 Å². The van der Waals surface area contributed by atoms with Crippen molar-refractivity contribution >= 4 is 11.1 Å². The molecule has 3 N–H and O–H groups in total. The van der Waals surface area contributed by atoms with Crippen LogP contribution in [0.25, 0.3) is 33.5 Å². The molecule has 10 heteroatoms.